The van der Waals surface area contributed by atoms with E-state index < -0.39 is 9.24 Å². The third-order valence-electron chi connectivity index (χ3n) is 2.05. The molecule has 0 amide bonds. The summed E-state index contributed by atoms with van der Waals surface area (Å²) in [7, 11) is 3.68. The predicted molar refractivity (Wildman–Crippen MR) is 48.4 cm³/mol. The third kappa shape index (κ3) is 2.32. The molecule has 1 saturated heterocycles. The number of hydrogen-bond acceptors (Lipinski definition) is 3. The maximum absolute atomic E-state index is 11.0. The molecule has 0 aromatic carbocycles. The van der Waals surface area contributed by atoms with Crippen molar-refractivity contribution in [1.82, 2.24) is 9.21 Å². The van der Waals surface area contributed by atoms with Crippen LogP contribution in [0.3, 0.4) is 0 Å². The Hall–Kier alpha value is 0.160. The first kappa shape index (κ1) is 10.2. The van der Waals surface area contributed by atoms with E-state index in [9.17, 15) is 8.42 Å². The largest absolute Gasteiger partial charge is 0.303 e. The van der Waals surface area contributed by atoms with Crippen LogP contribution in [0, 0.1) is 0 Å². The first-order valence-electron chi connectivity index (χ1n) is 3.81. The highest BCUT2D eigenvalue weighted by Crippen LogP contribution is 2.15. The van der Waals surface area contributed by atoms with Crippen molar-refractivity contribution in [3.63, 3.8) is 0 Å². The van der Waals surface area contributed by atoms with Gasteiger partial charge in [0.15, 0.2) is 0 Å². The standard InChI is InChI=1S/C6H13ClN2O2S/c1-6-5-8(2)3-4-9(6)12(7,10)11/h6H,3-5H2,1-2H3/t6-/m1/s1. The zero-order valence-electron chi connectivity index (χ0n) is 7.20. The number of hydrogen-bond donors (Lipinski definition) is 0. The van der Waals surface area contributed by atoms with Gasteiger partial charge >= 0.3 is 0 Å². The molecule has 1 fully saturated rings. The fraction of sp³-hybridized carbons (Fsp3) is 1.00. The van der Waals surface area contributed by atoms with Gasteiger partial charge in [0, 0.05) is 36.4 Å². The van der Waals surface area contributed by atoms with E-state index in [4.69, 9.17) is 10.7 Å². The second-order valence-corrected chi connectivity index (χ2v) is 5.63. The Morgan fingerprint density at radius 2 is 2.00 bits per heavy atom. The molecule has 0 N–H and O–H groups in total. The van der Waals surface area contributed by atoms with Gasteiger partial charge in [0.05, 0.1) is 0 Å². The number of nitrogens with zero attached hydrogens (tertiary/aromatic N) is 2. The van der Waals surface area contributed by atoms with Gasteiger partial charge < -0.3 is 4.90 Å². The van der Waals surface area contributed by atoms with Crippen LogP contribution in [-0.4, -0.2) is 50.3 Å². The van der Waals surface area contributed by atoms with Crippen molar-refractivity contribution in [3.8, 4) is 0 Å². The molecular formula is C6H13ClN2O2S. The fourth-order valence-corrected chi connectivity index (χ4v) is 2.86. The van der Waals surface area contributed by atoms with Gasteiger partial charge in [-0.2, -0.15) is 12.7 Å². The van der Waals surface area contributed by atoms with E-state index in [1.54, 1.807) is 0 Å². The van der Waals surface area contributed by atoms with Crippen LogP contribution >= 0.6 is 10.7 Å². The van der Waals surface area contributed by atoms with Crippen LogP contribution in [0.4, 0.5) is 0 Å². The first-order valence-corrected chi connectivity index (χ1v) is 6.08. The SMILES string of the molecule is C[C@@H]1CN(C)CCN1S(=O)(=O)Cl. The van der Waals surface area contributed by atoms with Crippen LogP contribution in [0.25, 0.3) is 0 Å². The minimum atomic E-state index is -3.52. The summed E-state index contributed by atoms with van der Waals surface area (Å²) < 4.78 is 23.3. The van der Waals surface area contributed by atoms with Crippen molar-refractivity contribution in [3.05, 3.63) is 0 Å². The van der Waals surface area contributed by atoms with Crippen LogP contribution in [0.1, 0.15) is 6.92 Å². The third-order valence-corrected chi connectivity index (χ3v) is 3.68. The molecule has 0 saturated carbocycles. The van der Waals surface area contributed by atoms with E-state index in [-0.39, 0.29) is 6.04 Å². The van der Waals surface area contributed by atoms with Crippen molar-refractivity contribution in [2.45, 2.75) is 13.0 Å². The average molecular weight is 213 g/mol. The molecular weight excluding hydrogens is 200 g/mol. The molecule has 72 valence electrons. The zero-order chi connectivity index (χ0) is 9.35. The lowest BCUT2D eigenvalue weighted by atomic mass is 10.2. The molecule has 1 aliphatic heterocycles. The Kier molecular flexibility index (Phi) is 2.98. The van der Waals surface area contributed by atoms with Crippen molar-refractivity contribution in [2.24, 2.45) is 0 Å². The lowest BCUT2D eigenvalue weighted by molar-refractivity contribution is 0.173. The average Bonchev–Trinajstić information content (AvgIpc) is 1.83. The summed E-state index contributed by atoms with van der Waals surface area (Å²) in [6.45, 7) is 3.83. The molecule has 6 heteroatoms. The van der Waals surface area contributed by atoms with E-state index in [0.29, 0.717) is 6.54 Å². The number of halogens is 1. The topological polar surface area (TPSA) is 40.6 Å². The zero-order valence-corrected chi connectivity index (χ0v) is 8.77. The lowest BCUT2D eigenvalue weighted by Crippen LogP contribution is -2.51. The second-order valence-electron chi connectivity index (χ2n) is 3.16. The molecule has 0 unspecified atom stereocenters. The van der Waals surface area contributed by atoms with Crippen LogP contribution < -0.4 is 0 Å². The molecule has 0 spiro atoms. The van der Waals surface area contributed by atoms with Crippen molar-refractivity contribution < 1.29 is 8.42 Å². The van der Waals surface area contributed by atoms with E-state index in [1.165, 1.54) is 4.31 Å². The van der Waals surface area contributed by atoms with E-state index in [0.717, 1.165) is 13.1 Å². The smallest absolute Gasteiger partial charge is 0.300 e. The molecule has 0 bridgehead atoms. The quantitative estimate of drug-likeness (QED) is 0.580. The fourth-order valence-electron chi connectivity index (χ4n) is 1.45. The van der Waals surface area contributed by atoms with Gasteiger partial charge in [0.1, 0.15) is 0 Å². The molecule has 12 heavy (non-hydrogen) atoms. The van der Waals surface area contributed by atoms with Crippen molar-refractivity contribution in [1.29, 1.82) is 0 Å². The monoisotopic (exact) mass is 212 g/mol. The van der Waals surface area contributed by atoms with Gasteiger partial charge in [-0.1, -0.05) is 0 Å². The number of likely N-dealkylation sites (N-methyl/N-ethyl adjacent to an activating group) is 1. The van der Waals surface area contributed by atoms with Gasteiger partial charge in [0.2, 0.25) is 0 Å². The molecule has 1 rings (SSSR count). The van der Waals surface area contributed by atoms with E-state index in [1.807, 2.05) is 14.0 Å². The summed E-state index contributed by atoms with van der Waals surface area (Å²) in [5.74, 6) is 0. The summed E-state index contributed by atoms with van der Waals surface area (Å²) in [6, 6.07) is -0.0220. The Labute approximate surface area is 77.6 Å². The highest BCUT2D eigenvalue weighted by molar-refractivity contribution is 8.11. The second kappa shape index (κ2) is 3.49. The van der Waals surface area contributed by atoms with Crippen molar-refractivity contribution in [2.75, 3.05) is 26.7 Å². The summed E-state index contributed by atoms with van der Waals surface area (Å²) in [5.41, 5.74) is 0. The summed E-state index contributed by atoms with van der Waals surface area (Å²) >= 11 is 0. The van der Waals surface area contributed by atoms with E-state index in [2.05, 4.69) is 4.90 Å². The number of rotatable bonds is 1. The normalized spacial score (nSPS) is 29.1. The Morgan fingerprint density at radius 1 is 1.42 bits per heavy atom. The van der Waals surface area contributed by atoms with Crippen LogP contribution in [0.5, 0.6) is 0 Å². The molecule has 0 aliphatic carbocycles. The first-order chi connectivity index (χ1) is 5.41. The molecule has 0 aromatic heterocycles. The van der Waals surface area contributed by atoms with Crippen LogP contribution in [-0.2, 0) is 9.24 Å². The van der Waals surface area contributed by atoms with Gasteiger partial charge in [-0.05, 0) is 14.0 Å². The Morgan fingerprint density at radius 3 is 2.42 bits per heavy atom. The lowest BCUT2D eigenvalue weighted by Gasteiger charge is -2.35. The minimum absolute atomic E-state index is 0.0220. The molecule has 0 aromatic rings. The maximum atomic E-state index is 11.0. The van der Waals surface area contributed by atoms with Crippen molar-refractivity contribution >= 4 is 19.9 Å². The Bertz CT molecular complexity index is 254. The molecule has 4 nitrogen and oxygen atoms in total. The van der Waals surface area contributed by atoms with Crippen LogP contribution in [0.15, 0.2) is 0 Å². The molecule has 1 atom stereocenters. The van der Waals surface area contributed by atoms with E-state index >= 15 is 0 Å². The highest BCUT2D eigenvalue weighted by Gasteiger charge is 2.29. The summed E-state index contributed by atoms with van der Waals surface area (Å²) in [4.78, 5) is 2.09. The Balaban J connectivity index is 2.69. The maximum Gasteiger partial charge on any atom is 0.300 e. The molecule has 1 heterocycles. The van der Waals surface area contributed by atoms with Gasteiger partial charge in [-0.25, -0.2) is 0 Å². The molecule has 0 radical (unpaired) electrons. The molecule has 1 aliphatic rings. The van der Waals surface area contributed by atoms with Gasteiger partial charge in [-0.15, -0.1) is 0 Å². The minimum Gasteiger partial charge on any atom is -0.303 e. The van der Waals surface area contributed by atoms with Gasteiger partial charge in [-0.3, -0.25) is 0 Å². The van der Waals surface area contributed by atoms with Gasteiger partial charge in [0.25, 0.3) is 9.24 Å². The number of piperazine rings is 1. The highest BCUT2D eigenvalue weighted by atomic mass is 35.7. The van der Waals surface area contributed by atoms with Crippen LogP contribution in [0.2, 0.25) is 0 Å². The summed E-state index contributed by atoms with van der Waals surface area (Å²) in [6.07, 6.45) is 0. The summed E-state index contributed by atoms with van der Waals surface area (Å²) in [5, 5.41) is 0. The predicted octanol–water partition coefficient (Wildman–Crippen LogP) is 0.106.